The summed E-state index contributed by atoms with van der Waals surface area (Å²) in [7, 11) is 0. The van der Waals surface area contributed by atoms with E-state index in [2.05, 4.69) is 6.92 Å². The minimum Gasteiger partial charge on any atom is -0.393 e. The fraction of sp³-hybridized carbons (Fsp3) is 0.125. The molecule has 0 aliphatic carbocycles. The highest BCUT2D eigenvalue weighted by atomic mass is 16.6. The second-order valence-electron chi connectivity index (χ2n) is 2.54. The molecular weight excluding hydrogens is 156 g/mol. The molecule has 0 spiro atoms. The molecule has 0 aliphatic rings. The van der Waals surface area contributed by atoms with Gasteiger partial charge in [0.05, 0.1) is 4.92 Å². The van der Waals surface area contributed by atoms with Gasteiger partial charge in [-0.1, -0.05) is 6.07 Å². The Bertz CT molecular complexity index is 334. The molecule has 0 heterocycles. The van der Waals surface area contributed by atoms with Crippen LogP contribution in [0.15, 0.2) is 12.1 Å². The average molecular weight is 165 g/mol. The van der Waals surface area contributed by atoms with Crippen LogP contribution in [0.2, 0.25) is 0 Å². The van der Waals surface area contributed by atoms with E-state index in [9.17, 15) is 10.1 Å². The van der Waals surface area contributed by atoms with E-state index in [0.717, 1.165) is 0 Å². The lowest BCUT2D eigenvalue weighted by Crippen LogP contribution is -1.99. The molecule has 63 valence electrons. The number of nitro groups is 1. The molecule has 1 aromatic rings. The Morgan fingerprint density at radius 1 is 1.58 bits per heavy atom. The number of hydrogen-bond donors (Lipinski definition) is 1. The molecule has 1 rings (SSSR count). The Hall–Kier alpha value is -1.58. The van der Waals surface area contributed by atoms with Gasteiger partial charge in [0, 0.05) is 5.56 Å². The molecule has 0 bridgehead atoms. The summed E-state index contributed by atoms with van der Waals surface area (Å²) in [6.45, 7) is 5.28. The molecule has 4 nitrogen and oxygen atoms in total. The van der Waals surface area contributed by atoms with Crippen LogP contribution in [0.1, 0.15) is 11.1 Å². The van der Waals surface area contributed by atoms with Gasteiger partial charge in [0.2, 0.25) is 0 Å². The summed E-state index contributed by atoms with van der Waals surface area (Å²) in [5.41, 5.74) is 6.73. The molecule has 0 aromatic heterocycles. The van der Waals surface area contributed by atoms with Crippen LogP contribution in [0.25, 0.3) is 0 Å². The van der Waals surface area contributed by atoms with E-state index in [1.807, 2.05) is 0 Å². The second kappa shape index (κ2) is 2.81. The molecule has 0 aliphatic heterocycles. The van der Waals surface area contributed by atoms with E-state index in [4.69, 9.17) is 5.73 Å². The van der Waals surface area contributed by atoms with Gasteiger partial charge in [0.25, 0.3) is 5.69 Å². The van der Waals surface area contributed by atoms with Crippen LogP contribution in [0.4, 0.5) is 11.4 Å². The van der Waals surface area contributed by atoms with Gasteiger partial charge in [-0.25, -0.2) is 0 Å². The Balaban J connectivity index is 3.43. The highest BCUT2D eigenvalue weighted by Crippen LogP contribution is 2.27. The number of nitro benzene ring substituents is 1. The first-order chi connectivity index (χ1) is 5.54. The molecule has 0 amide bonds. The van der Waals surface area contributed by atoms with Crippen molar-refractivity contribution in [2.24, 2.45) is 0 Å². The molecule has 0 fully saturated rings. The number of anilines is 1. The Morgan fingerprint density at radius 2 is 2.17 bits per heavy atom. The van der Waals surface area contributed by atoms with Crippen molar-refractivity contribution in [2.75, 3.05) is 5.73 Å². The van der Waals surface area contributed by atoms with Crippen LogP contribution in [-0.2, 0) is 0 Å². The Labute approximate surface area is 70.2 Å². The van der Waals surface area contributed by atoms with Crippen LogP contribution < -0.4 is 5.73 Å². The standard InChI is InChI=1S/C8H9N2O2/c1-5-3-4-7(9)8(6(5)2)10(11)12/h3-4H,1,9H2,2H3. The Kier molecular flexibility index (Phi) is 1.99. The van der Waals surface area contributed by atoms with Crippen LogP contribution in [0, 0.1) is 24.0 Å². The maximum absolute atomic E-state index is 10.5. The van der Waals surface area contributed by atoms with E-state index in [1.54, 1.807) is 13.0 Å². The smallest absolute Gasteiger partial charge is 0.295 e. The van der Waals surface area contributed by atoms with Gasteiger partial charge >= 0.3 is 0 Å². The predicted octanol–water partition coefficient (Wildman–Crippen LogP) is 1.67. The first kappa shape index (κ1) is 8.52. The number of rotatable bonds is 1. The predicted molar refractivity (Wildman–Crippen MR) is 46.7 cm³/mol. The van der Waals surface area contributed by atoms with Gasteiger partial charge in [-0.3, -0.25) is 10.1 Å². The van der Waals surface area contributed by atoms with Crippen LogP contribution >= 0.6 is 0 Å². The molecule has 1 aromatic carbocycles. The lowest BCUT2D eigenvalue weighted by molar-refractivity contribution is -0.384. The highest BCUT2D eigenvalue weighted by molar-refractivity contribution is 5.64. The fourth-order valence-corrected chi connectivity index (χ4v) is 1.01. The van der Waals surface area contributed by atoms with Gasteiger partial charge < -0.3 is 5.73 Å². The quantitative estimate of drug-likeness (QED) is 0.391. The molecule has 1 radical (unpaired) electrons. The number of nitrogens with two attached hydrogens (primary N) is 1. The minimum atomic E-state index is -0.487. The van der Waals surface area contributed by atoms with Gasteiger partial charge in [-0.05, 0) is 25.5 Å². The van der Waals surface area contributed by atoms with Crippen LogP contribution in [0.3, 0.4) is 0 Å². The Morgan fingerprint density at radius 3 is 2.58 bits per heavy atom. The molecule has 2 N–H and O–H groups in total. The molecular formula is C8H9N2O2. The van der Waals surface area contributed by atoms with E-state index >= 15 is 0 Å². The topological polar surface area (TPSA) is 69.2 Å². The maximum atomic E-state index is 10.5. The molecule has 0 saturated heterocycles. The van der Waals surface area contributed by atoms with Crippen LogP contribution in [0.5, 0.6) is 0 Å². The highest BCUT2D eigenvalue weighted by Gasteiger charge is 2.15. The normalized spacial score (nSPS) is 9.83. The number of benzene rings is 1. The number of hydrogen-bond acceptors (Lipinski definition) is 3. The maximum Gasteiger partial charge on any atom is 0.295 e. The van der Waals surface area contributed by atoms with Crippen molar-refractivity contribution in [3.63, 3.8) is 0 Å². The number of nitrogen functional groups attached to an aromatic ring is 1. The summed E-state index contributed by atoms with van der Waals surface area (Å²) in [6.07, 6.45) is 0. The van der Waals surface area contributed by atoms with Gasteiger partial charge in [0.15, 0.2) is 0 Å². The largest absolute Gasteiger partial charge is 0.393 e. The lowest BCUT2D eigenvalue weighted by atomic mass is 10.1. The summed E-state index contributed by atoms with van der Waals surface area (Å²) < 4.78 is 0. The van der Waals surface area contributed by atoms with Crippen molar-refractivity contribution in [1.29, 1.82) is 0 Å². The summed E-state index contributed by atoms with van der Waals surface area (Å²) in [5.74, 6) is 0. The van der Waals surface area contributed by atoms with Crippen LogP contribution in [-0.4, -0.2) is 4.92 Å². The van der Waals surface area contributed by atoms with Crippen molar-refractivity contribution in [1.82, 2.24) is 0 Å². The van der Waals surface area contributed by atoms with Crippen molar-refractivity contribution < 1.29 is 4.92 Å². The monoisotopic (exact) mass is 165 g/mol. The van der Waals surface area contributed by atoms with E-state index in [-0.39, 0.29) is 11.4 Å². The van der Waals surface area contributed by atoms with Crippen molar-refractivity contribution in [2.45, 2.75) is 6.92 Å². The van der Waals surface area contributed by atoms with Crippen molar-refractivity contribution in [3.8, 4) is 0 Å². The molecule has 0 saturated carbocycles. The van der Waals surface area contributed by atoms with E-state index in [0.29, 0.717) is 11.1 Å². The molecule has 0 atom stereocenters. The molecule has 4 heteroatoms. The molecule has 0 unspecified atom stereocenters. The zero-order valence-electron chi connectivity index (χ0n) is 6.70. The van der Waals surface area contributed by atoms with Crippen molar-refractivity contribution >= 4 is 11.4 Å². The third-order valence-corrected chi connectivity index (χ3v) is 1.76. The first-order valence-corrected chi connectivity index (χ1v) is 3.39. The average Bonchev–Trinajstić information content (AvgIpc) is 1.97. The fourth-order valence-electron chi connectivity index (χ4n) is 1.01. The summed E-state index contributed by atoms with van der Waals surface area (Å²) in [4.78, 5) is 10.0. The first-order valence-electron chi connectivity index (χ1n) is 3.39. The second-order valence-corrected chi connectivity index (χ2v) is 2.54. The zero-order chi connectivity index (χ0) is 9.30. The zero-order valence-corrected chi connectivity index (χ0v) is 6.70. The lowest BCUT2D eigenvalue weighted by Gasteiger charge is -2.02. The van der Waals surface area contributed by atoms with Gasteiger partial charge in [-0.2, -0.15) is 0 Å². The summed E-state index contributed by atoms with van der Waals surface area (Å²) in [5, 5.41) is 10.5. The van der Waals surface area contributed by atoms with Gasteiger partial charge in [0.1, 0.15) is 5.69 Å². The summed E-state index contributed by atoms with van der Waals surface area (Å²) in [6, 6.07) is 3.16. The summed E-state index contributed by atoms with van der Waals surface area (Å²) >= 11 is 0. The van der Waals surface area contributed by atoms with E-state index < -0.39 is 4.92 Å². The van der Waals surface area contributed by atoms with Crippen molar-refractivity contribution in [3.05, 3.63) is 40.3 Å². The molecule has 12 heavy (non-hydrogen) atoms. The van der Waals surface area contributed by atoms with E-state index in [1.165, 1.54) is 6.07 Å². The number of nitrogens with zero attached hydrogens (tertiary/aromatic N) is 1. The minimum absolute atomic E-state index is 0.0394. The third-order valence-electron chi connectivity index (χ3n) is 1.76. The SMILES string of the molecule is [CH2]c1ccc(N)c([N+](=O)[O-])c1C. The van der Waals surface area contributed by atoms with Gasteiger partial charge in [-0.15, -0.1) is 0 Å². The third kappa shape index (κ3) is 1.23.